The fraction of sp³-hybridized carbons (Fsp3) is 0.500. The second-order valence-corrected chi connectivity index (χ2v) is 4.97. The van der Waals surface area contributed by atoms with Gasteiger partial charge in [-0.25, -0.2) is 18.1 Å². The minimum atomic E-state index is -3.58. The number of imidazole rings is 1. The number of nitrogens with zero attached hydrogens (tertiary/aromatic N) is 3. The van der Waals surface area contributed by atoms with Crippen molar-refractivity contribution in [2.75, 3.05) is 6.54 Å². The lowest BCUT2D eigenvalue weighted by atomic mass is 10.2. The highest BCUT2D eigenvalue weighted by atomic mass is 32.2. The molecular weight excluding hydrogens is 216 g/mol. The molecule has 0 aromatic carbocycles. The predicted octanol–water partition coefficient (Wildman–Crippen LogP) is -0.142. The second kappa shape index (κ2) is 4.42. The van der Waals surface area contributed by atoms with Crippen LogP contribution in [0.4, 0.5) is 0 Å². The molecule has 1 N–H and O–H groups in total. The van der Waals surface area contributed by atoms with Crippen molar-refractivity contribution in [3.05, 3.63) is 12.5 Å². The third kappa shape index (κ3) is 3.04. The van der Waals surface area contributed by atoms with E-state index in [1.54, 1.807) is 18.5 Å². The Morgan fingerprint density at radius 3 is 2.87 bits per heavy atom. The summed E-state index contributed by atoms with van der Waals surface area (Å²) in [6.07, 6.45) is 2.81. The van der Waals surface area contributed by atoms with Crippen LogP contribution in [0.1, 0.15) is 6.92 Å². The van der Waals surface area contributed by atoms with Gasteiger partial charge >= 0.3 is 0 Å². The molecule has 1 aromatic heterocycles. The van der Waals surface area contributed by atoms with Crippen molar-refractivity contribution in [3.8, 4) is 6.07 Å². The van der Waals surface area contributed by atoms with Crippen LogP contribution in [0.2, 0.25) is 0 Å². The zero-order valence-electron chi connectivity index (χ0n) is 8.51. The molecule has 1 heterocycles. The van der Waals surface area contributed by atoms with Crippen LogP contribution < -0.4 is 4.72 Å². The van der Waals surface area contributed by atoms with E-state index in [1.807, 2.05) is 6.07 Å². The largest absolute Gasteiger partial charge is 0.339 e. The molecule has 1 rings (SSSR count). The first-order chi connectivity index (χ1) is 6.95. The molecule has 15 heavy (non-hydrogen) atoms. The number of hydrogen-bond donors (Lipinski definition) is 1. The molecule has 0 aliphatic carbocycles. The molecule has 82 valence electrons. The number of nitriles is 1. The molecular formula is C8H12N4O2S. The van der Waals surface area contributed by atoms with Gasteiger partial charge < -0.3 is 4.57 Å². The highest BCUT2D eigenvalue weighted by Gasteiger charge is 2.17. The van der Waals surface area contributed by atoms with Crippen LogP contribution in [0.15, 0.2) is 17.6 Å². The quantitative estimate of drug-likeness (QED) is 0.776. The van der Waals surface area contributed by atoms with Crippen LogP contribution in [0.25, 0.3) is 0 Å². The summed E-state index contributed by atoms with van der Waals surface area (Å²) >= 11 is 0. The molecule has 1 atom stereocenters. The first kappa shape index (κ1) is 11.7. The Balaban J connectivity index is 2.73. The van der Waals surface area contributed by atoms with E-state index in [4.69, 9.17) is 5.26 Å². The minimum absolute atomic E-state index is 0.0323. The summed E-state index contributed by atoms with van der Waals surface area (Å²) in [6.45, 7) is 1.73. The highest BCUT2D eigenvalue weighted by Crippen LogP contribution is 2.04. The van der Waals surface area contributed by atoms with Gasteiger partial charge in [-0.3, -0.25) is 0 Å². The van der Waals surface area contributed by atoms with Gasteiger partial charge in [-0.05, 0) is 6.92 Å². The van der Waals surface area contributed by atoms with Crippen molar-refractivity contribution in [2.24, 2.45) is 13.0 Å². The first-order valence-electron chi connectivity index (χ1n) is 4.33. The van der Waals surface area contributed by atoms with E-state index in [0.717, 1.165) is 0 Å². The molecule has 0 amide bonds. The van der Waals surface area contributed by atoms with Crippen molar-refractivity contribution in [1.29, 1.82) is 5.26 Å². The molecule has 0 saturated heterocycles. The van der Waals surface area contributed by atoms with Crippen molar-refractivity contribution < 1.29 is 8.42 Å². The number of hydrogen-bond acceptors (Lipinski definition) is 4. The van der Waals surface area contributed by atoms with Crippen molar-refractivity contribution in [3.63, 3.8) is 0 Å². The summed E-state index contributed by atoms with van der Waals surface area (Å²) in [7, 11) is -1.89. The zero-order chi connectivity index (χ0) is 11.5. The van der Waals surface area contributed by atoms with Gasteiger partial charge in [0.05, 0.1) is 18.3 Å². The van der Waals surface area contributed by atoms with E-state index >= 15 is 0 Å². The topological polar surface area (TPSA) is 87.8 Å². The normalized spacial score (nSPS) is 13.4. The van der Waals surface area contributed by atoms with E-state index < -0.39 is 10.0 Å². The lowest BCUT2D eigenvalue weighted by molar-refractivity contribution is 0.569. The monoisotopic (exact) mass is 228 g/mol. The molecule has 0 bridgehead atoms. The Morgan fingerprint density at radius 1 is 1.73 bits per heavy atom. The van der Waals surface area contributed by atoms with Gasteiger partial charge in [0, 0.05) is 19.8 Å². The lowest BCUT2D eigenvalue weighted by Gasteiger charge is -2.04. The van der Waals surface area contributed by atoms with Gasteiger partial charge in [0.25, 0.3) is 10.0 Å². The Bertz CT molecular complexity index is 471. The summed E-state index contributed by atoms with van der Waals surface area (Å²) in [5.41, 5.74) is 0. The smallest absolute Gasteiger partial charge is 0.259 e. The highest BCUT2D eigenvalue weighted by molar-refractivity contribution is 7.89. The van der Waals surface area contributed by atoms with Gasteiger partial charge in [0.1, 0.15) is 0 Å². The molecule has 0 radical (unpaired) electrons. The minimum Gasteiger partial charge on any atom is -0.339 e. The second-order valence-electron chi connectivity index (χ2n) is 3.26. The Kier molecular flexibility index (Phi) is 3.44. The summed E-state index contributed by atoms with van der Waals surface area (Å²) in [5, 5.41) is 8.47. The van der Waals surface area contributed by atoms with Crippen LogP contribution in [0.5, 0.6) is 0 Å². The third-order valence-electron chi connectivity index (χ3n) is 1.76. The van der Waals surface area contributed by atoms with Crippen LogP contribution in [0, 0.1) is 17.2 Å². The average Bonchev–Trinajstić information content (AvgIpc) is 2.62. The fourth-order valence-corrected chi connectivity index (χ4v) is 1.99. The van der Waals surface area contributed by atoms with Crippen LogP contribution in [0.3, 0.4) is 0 Å². The molecule has 1 unspecified atom stereocenters. The molecule has 7 heteroatoms. The summed E-state index contributed by atoms with van der Waals surface area (Å²) in [4.78, 5) is 3.72. The molecule has 0 fully saturated rings. The Morgan fingerprint density at radius 2 is 2.40 bits per heavy atom. The van der Waals surface area contributed by atoms with Crippen molar-refractivity contribution >= 4 is 10.0 Å². The number of aromatic nitrogens is 2. The van der Waals surface area contributed by atoms with Gasteiger partial charge in [-0.2, -0.15) is 5.26 Å². The van der Waals surface area contributed by atoms with Crippen molar-refractivity contribution in [2.45, 2.75) is 11.9 Å². The van der Waals surface area contributed by atoms with Crippen LogP contribution in [-0.2, 0) is 17.1 Å². The van der Waals surface area contributed by atoms with Crippen molar-refractivity contribution in [1.82, 2.24) is 14.3 Å². The van der Waals surface area contributed by atoms with Gasteiger partial charge in [0.2, 0.25) is 0 Å². The summed E-state index contributed by atoms with van der Waals surface area (Å²) in [5.74, 6) is -0.358. The molecule has 0 aliphatic rings. The van der Waals surface area contributed by atoms with E-state index in [-0.39, 0.29) is 17.5 Å². The standard InChI is InChI=1S/C8H12N4O2S/c1-7(3-9)4-11-15(13,14)8-5-12(2)6-10-8/h5-7,11H,4H2,1-2H3. The first-order valence-corrected chi connectivity index (χ1v) is 5.81. The Hall–Kier alpha value is -1.39. The molecule has 6 nitrogen and oxygen atoms in total. The maximum absolute atomic E-state index is 11.6. The van der Waals surface area contributed by atoms with Crippen LogP contribution >= 0.6 is 0 Å². The number of aryl methyl sites for hydroxylation is 1. The van der Waals surface area contributed by atoms with E-state index in [9.17, 15) is 8.42 Å². The fourth-order valence-electron chi connectivity index (χ4n) is 0.882. The maximum Gasteiger partial charge on any atom is 0.259 e. The van der Waals surface area contributed by atoms with E-state index in [2.05, 4.69) is 9.71 Å². The number of rotatable bonds is 4. The van der Waals surface area contributed by atoms with Gasteiger partial charge in [0.15, 0.2) is 5.03 Å². The van der Waals surface area contributed by atoms with E-state index in [0.29, 0.717) is 0 Å². The summed E-state index contributed by atoms with van der Waals surface area (Å²) in [6, 6.07) is 1.94. The van der Waals surface area contributed by atoms with E-state index in [1.165, 1.54) is 12.5 Å². The Labute approximate surface area is 88.6 Å². The van der Waals surface area contributed by atoms with Crippen LogP contribution in [-0.4, -0.2) is 24.5 Å². The molecule has 0 spiro atoms. The third-order valence-corrected chi connectivity index (χ3v) is 3.06. The predicted molar refractivity (Wildman–Crippen MR) is 53.2 cm³/mol. The molecule has 0 aliphatic heterocycles. The SMILES string of the molecule is CC(C#N)CNS(=O)(=O)c1cn(C)cn1. The lowest BCUT2D eigenvalue weighted by Crippen LogP contribution is -2.28. The summed E-state index contributed by atoms with van der Waals surface area (Å²) < 4.78 is 27.0. The molecule has 0 saturated carbocycles. The number of sulfonamides is 1. The zero-order valence-corrected chi connectivity index (χ0v) is 9.32. The van der Waals surface area contributed by atoms with Gasteiger partial charge in [-0.15, -0.1) is 0 Å². The number of nitrogens with one attached hydrogen (secondary N) is 1. The molecule has 1 aromatic rings. The average molecular weight is 228 g/mol. The van der Waals surface area contributed by atoms with Gasteiger partial charge in [-0.1, -0.05) is 0 Å². The maximum atomic E-state index is 11.6.